The van der Waals surface area contributed by atoms with E-state index in [1.807, 2.05) is 31.2 Å². The van der Waals surface area contributed by atoms with Gasteiger partial charge < -0.3 is 0 Å². The lowest BCUT2D eigenvalue weighted by atomic mass is 9.81. The van der Waals surface area contributed by atoms with E-state index in [1.165, 1.54) is 11.3 Å². The summed E-state index contributed by atoms with van der Waals surface area (Å²) >= 11 is 7.43. The van der Waals surface area contributed by atoms with E-state index in [4.69, 9.17) is 11.6 Å². The van der Waals surface area contributed by atoms with Crippen LogP contribution in [0.15, 0.2) is 29.4 Å². The van der Waals surface area contributed by atoms with E-state index in [-0.39, 0.29) is 5.41 Å². The number of nitrogens with one attached hydrogen (secondary N) is 1. The lowest BCUT2D eigenvalue weighted by molar-refractivity contribution is 0.421. The molecule has 0 aromatic carbocycles. The molecule has 1 N–H and O–H groups in total. The molecule has 0 saturated carbocycles. The first-order valence-corrected chi connectivity index (χ1v) is 8.58. The molecule has 0 fully saturated rings. The Kier molecular flexibility index (Phi) is 5.53. The Morgan fingerprint density at radius 3 is 2.45 bits per heavy atom. The Balaban J connectivity index is 2.08. The van der Waals surface area contributed by atoms with E-state index in [0.29, 0.717) is 5.82 Å². The number of halogens is 1. The quantitative estimate of drug-likeness (QED) is 0.589. The summed E-state index contributed by atoms with van der Waals surface area (Å²) in [5.41, 5.74) is 4.92. The molecule has 0 amide bonds. The van der Waals surface area contributed by atoms with Crippen molar-refractivity contribution in [3.8, 4) is 0 Å². The van der Waals surface area contributed by atoms with Crippen molar-refractivity contribution in [1.82, 2.24) is 10.2 Å². The van der Waals surface area contributed by atoms with Crippen LogP contribution in [0.25, 0.3) is 0 Å². The monoisotopic (exact) mass is 336 g/mol. The maximum Gasteiger partial charge on any atom is 0.168 e. The molecule has 2 rings (SSSR count). The summed E-state index contributed by atoms with van der Waals surface area (Å²) in [6, 6.07) is 7.76. The molecule has 0 unspecified atom stereocenters. The minimum absolute atomic E-state index is 0.0818. The highest BCUT2D eigenvalue weighted by molar-refractivity contribution is 7.18. The van der Waals surface area contributed by atoms with Gasteiger partial charge in [-0.2, -0.15) is 10.2 Å². The first kappa shape index (κ1) is 16.9. The van der Waals surface area contributed by atoms with Gasteiger partial charge in [-0.25, -0.2) is 0 Å². The van der Waals surface area contributed by atoms with E-state index in [1.54, 1.807) is 0 Å². The first-order valence-electron chi connectivity index (χ1n) is 7.38. The highest BCUT2D eigenvalue weighted by atomic mass is 35.5. The molecule has 0 aliphatic carbocycles. The topological polar surface area (TPSA) is 50.2 Å². The smallest absolute Gasteiger partial charge is 0.168 e. The number of rotatable bonds is 6. The Labute approximate surface area is 140 Å². The van der Waals surface area contributed by atoms with Gasteiger partial charge in [0.1, 0.15) is 0 Å². The third kappa shape index (κ3) is 3.84. The molecule has 0 aliphatic heterocycles. The second kappa shape index (κ2) is 7.20. The molecule has 2 aromatic rings. The van der Waals surface area contributed by atoms with Crippen LogP contribution in [0.5, 0.6) is 0 Å². The normalized spacial score (nSPS) is 12.5. The molecule has 118 valence electrons. The minimum atomic E-state index is 0.0818. The molecular formula is C16H21ClN4S. The third-order valence-electron chi connectivity index (χ3n) is 4.11. The van der Waals surface area contributed by atoms with Crippen molar-refractivity contribution >= 4 is 34.5 Å². The highest BCUT2D eigenvalue weighted by Crippen LogP contribution is 2.29. The molecule has 0 spiro atoms. The molecule has 0 aliphatic rings. The van der Waals surface area contributed by atoms with Crippen molar-refractivity contribution in [2.45, 2.75) is 46.0 Å². The van der Waals surface area contributed by atoms with Gasteiger partial charge in [0.2, 0.25) is 0 Å². The van der Waals surface area contributed by atoms with Gasteiger partial charge in [0.25, 0.3) is 0 Å². The fourth-order valence-corrected chi connectivity index (χ4v) is 3.02. The van der Waals surface area contributed by atoms with Crippen LogP contribution in [0, 0.1) is 0 Å². The van der Waals surface area contributed by atoms with E-state index < -0.39 is 0 Å². The number of nitrogens with zero attached hydrogens (tertiary/aromatic N) is 3. The molecule has 6 heteroatoms. The van der Waals surface area contributed by atoms with Crippen LogP contribution in [0.3, 0.4) is 0 Å². The molecule has 0 radical (unpaired) electrons. The SMILES string of the molecule is CCC(C)(CC)c1ccc(NN=C(C)c2ccc(Cl)s2)nn1. The Morgan fingerprint density at radius 2 is 1.95 bits per heavy atom. The molecule has 0 atom stereocenters. The van der Waals surface area contributed by atoms with Crippen molar-refractivity contribution < 1.29 is 0 Å². The Bertz CT molecular complexity index is 644. The van der Waals surface area contributed by atoms with Crippen molar-refractivity contribution in [2.75, 3.05) is 5.43 Å². The zero-order valence-electron chi connectivity index (χ0n) is 13.4. The number of thiophene rings is 1. The van der Waals surface area contributed by atoms with Crippen molar-refractivity contribution in [1.29, 1.82) is 0 Å². The van der Waals surface area contributed by atoms with Crippen LogP contribution in [0.2, 0.25) is 4.34 Å². The summed E-state index contributed by atoms with van der Waals surface area (Å²) < 4.78 is 0.757. The molecular weight excluding hydrogens is 316 g/mol. The number of anilines is 1. The van der Waals surface area contributed by atoms with Gasteiger partial charge in [-0.05, 0) is 44.0 Å². The fraction of sp³-hybridized carbons (Fsp3) is 0.438. The molecule has 2 aromatic heterocycles. The van der Waals surface area contributed by atoms with Gasteiger partial charge >= 0.3 is 0 Å². The average molecular weight is 337 g/mol. The van der Waals surface area contributed by atoms with Crippen LogP contribution in [0.4, 0.5) is 5.82 Å². The minimum Gasteiger partial charge on any atom is -0.260 e. The fourth-order valence-electron chi connectivity index (χ4n) is 2.03. The number of hydrazone groups is 1. The number of hydrogen-bond donors (Lipinski definition) is 1. The first-order chi connectivity index (χ1) is 10.5. The lowest BCUT2D eigenvalue weighted by Crippen LogP contribution is -2.21. The summed E-state index contributed by atoms with van der Waals surface area (Å²) in [4.78, 5) is 1.03. The molecule has 0 bridgehead atoms. The van der Waals surface area contributed by atoms with Gasteiger partial charge in [-0.15, -0.1) is 16.4 Å². The molecule has 2 heterocycles. The highest BCUT2D eigenvalue weighted by Gasteiger charge is 2.24. The lowest BCUT2D eigenvalue weighted by Gasteiger charge is -2.25. The summed E-state index contributed by atoms with van der Waals surface area (Å²) in [6.45, 7) is 8.50. The summed E-state index contributed by atoms with van der Waals surface area (Å²) in [5.74, 6) is 0.639. The third-order valence-corrected chi connectivity index (χ3v) is 5.45. The predicted molar refractivity (Wildman–Crippen MR) is 95.1 cm³/mol. The van der Waals surface area contributed by atoms with Gasteiger partial charge in [0, 0.05) is 5.41 Å². The van der Waals surface area contributed by atoms with Crippen LogP contribution in [-0.4, -0.2) is 15.9 Å². The number of hydrogen-bond acceptors (Lipinski definition) is 5. The van der Waals surface area contributed by atoms with Crippen LogP contribution in [0.1, 0.15) is 51.1 Å². The predicted octanol–water partition coefficient (Wildman–Crippen LogP) is 5.11. The Hall–Kier alpha value is -1.46. The maximum absolute atomic E-state index is 5.93. The van der Waals surface area contributed by atoms with Crippen LogP contribution < -0.4 is 5.43 Å². The standard InChI is InChI=1S/C16H21ClN4S/c1-5-16(4,6-2)13-8-10-15(21-19-13)20-18-11(3)12-7-9-14(17)22-12/h7-10H,5-6H2,1-4H3,(H,20,21). The van der Waals surface area contributed by atoms with Crippen LogP contribution >= 0.6 is 22.9 Å². The number of aromatic nitrogens is 2. The molecule has 0 saturated heterocycles. The van der Waals surface area contributed by atoms with Gasteiger partial charge in [-0.1, -0.05) is 32.4 Å². The molecule has 4 nitrogen and oxygen atoms in total. The molecule has 22 heavy (non-hydrogen) atoms. The second-order valence-corrected chi connectivity index (χ2v) is 7.20. The zero-order valence-corrected chi connectivity index (χ0v) is 14.9. The summed E-state index contributed by atoms with van der Waals surface area (Å²) in [6.07, 6.45) is 2.09. The van der Waals surface area contributed by atoms with E-state index in [9.17, 15) is 0 Å². The van der Waals surface area contributed by atoms with E-state index in [2.05, 4.69) is 41.5 Å². The second-order valence-electron chi connectivity index (χ2n) is 5.48. The van der Waals surface area contributed by atoms with E-state index >= 15 is 0 Å². The Morgan fingerprint density at radius 1 is 1.23 bits per heavy atom. The maximum atomic E-state index is 5.93. The summed E-state index contributed by atoms with van der Waals surface area (Å²) in [7, 11) is 0. The van der Waals surface area contributed by atoms with Crippen LogP contribution in [-0.2, 0) is 5.41 Å². The average Bonchev–Trinajstić information content (AvgIpc) is 2.99. The van der Waals surface area contributed by atoms with Gasteiger partial charge in [0.15, 0.2) is 5.82 Å². The van der Waals surface area contributed by atoms with Gasteiger partial charge in [0.05, 0.1) is 20.6 Å². The van der Waals surface area contributed by atoms with Crippen molar-refractivity contribution in [2.24, 2.45) is 5.10 Å². The van der Waals surface area contributed by atoms with Crippen molar-refractivity contribution in [3.05, 3.63) is 39.2 Å². The van der Waals surface area contributed by atoms with Crippen molar-refractivity contribution in [3.63, 3.8) is 0 Å². The zero-order chi connectivity index (χ0) is 16.2. The largest absolute Gasteiger partial charge is 0.260 e. The summed E-state index contributed by atoms with van der Waals surface area (Å²) in [5, 5.41) is 12.9. The van der Waals surface area contributed by atoms with Gasteiger partial charge in [-0.3, -0.25) is 5.43 Å². The van der Waals surface area contributed by atoms with E-state index in [0.717, 1.165) is 33.5 Å².